The Labute approximate surface area is 154 Å². The number of hydrogen-bond acceptors (Lipinski definition) is 3. The molecule has 4 nitrogen and oxygen atoms in total. The minimum absolute atomic E-state index is 0.141. The summed E-state index contributed by atoms with van der Waals surface area (Å²) in [6.07, 6.45) is 1.32. The van der Waals surface area contributed by atoms with Crippen LogP contribution < -0.4 is 15.4 Å². The van der Waals surface area contributed by atoms with Crippen LogP contribution in [0.1, 0.15) is 25.8 Å². The van der Waals surface area contributed by atoms with Gasteiger partial charge in [-0.1, -0.05) is 44.2 Å². The lowest BCUT2D eigenvalue weighted by Gasteiger charge is -2.11. The highest BCUT2D eigenvalue weighted by Crippen LogP contribution is 2.16. The van der Waals surface area contributed by atoms with Gasteiger partial charge >= 0.3 is 0 Å². The monoisotopic (exact) mass is 356 g/mol. The standard InChI is InChI=1S/C20H24N2O2S/c1-15(2)12-13-24-18-10-8-17(9-11-18)21-20(25)22-19(23)14-16-6-4-3-5-7-16/h3-11,15H,12-14H2,1-2H3,(H2,21,22,23,25). The van der Waals surface area contributed by atoms with Crippen molar-refractivity contribution < 1.29 is 9.53 Å². The molecule has 0 radical (unpaired) electrons. The van der Waals surface area contributed by atoms with E-state index in [1.807, 2.05) is 54.6 Å². The van der Waals surface area contributed by atoms with Crippen molar-refractivity contribution >= 4 is 28.9 Å². The van der Waals surface area contributed by atoms with Crippen LogP contribution in [0.4, 0.5) is 5.69 Å². The highest BCUT2D eigenvalue weighted by molar-refractivity contribution is 7.80. The average Bonchev–Trinajstić information content (AvgIpc) is 2.57. The molecule has 0 atom stereocenters. The Bertz CT molecular complexity index is 685. The molecule has 0 fully saturated rings. The first-order chi connectivity index (χ1) is 12.0. The maximum atomic E-state index is 12.0. The van der Waals surface area contributed by atoms with Gasteiger partial charge in [0.15, 0.2) is 5.11 Å². The summed E-state index contributed by atoms with van der Waals surface area (Å²) in [4.78, 5) is 12.0. The number of thiocarbonyl (C=S) groups is 1. The Balaban J connectivity index is 1.77. The summed E-state index contributed by atoms with van der Waals surface area (Å²) in [5.41, 5.74) is 1.76. The fraction of sp³-hybridized carbons (Fsp3) is 0.300. The van der Waals surface area contributed by atoms with Gasteiger partial charge in [-0.05, 0) is 54.4 Å². The number of anilines is 1. The van der Waals surface area contributed by atoms with Crippen LogP contribution in [0.5, 0.6) is 5.75 Å². The lowest BCUT2D eigenvalue weighted by molar-refractivity contribution is -0.119. The molecule has 5 heteroatoms. The molecule has 0 saturated carbocycles. The maximum absolute atomic E-state index is 12.0. The van der Waals surface area contributed by atoms with Crippen LogP contribution in [0.25, 0.3) is 0 Å². The predicted octanol–water partition coefficient (Wildman–Crippen LogP) is 4.17. The molecule has 0 unspecified atom stereocenters. The summed E-state index contributed by atoms with van der Waals surface area (Å²) < 4.78 is 5.68. The van der Waals surface area contributed by atoms with Gasteiger partial charge in [-0.2, -0.15) is 0 Å². The van der Waals surface area contributed by atoms with Crippen LogP contribution in [0, 0.1) is 5.92 Å². The molecule has 0 aliphatic rings. The summed E-state index contributed by atoms with van der Waals surface area (Å²) in [5, 5.41) is 5.98. The zero-order valence-corrected chi connectivity index (χ0v) is 15.4. The first-order valence-electron chi connectivity index (χ1n) is 8.40. The number of carbonyl (C=O) groups excluding carboxylic acids is 1. The molecule has 0 saturated heterocycles. The molecule has 1 amide bonds. The third-order valence-corrected chi connectivity index (χ3v) is 3.74. The molecule has 2 aromatic carbocycles. The van der Waals surface area contributed by atoms with Crippen LogP contribution in [-0.4, -0.2) is 17.6 Å². The van der Waals surface area contributed by atoms with Crippen molar-refractivity contribution in [3.63, 3.8) is 0 Å². The molecule has 25 heavy (non-hydrogen) atoms. The number of hydrogen-bond donors (Lipinski definition) is 2. The van der Waals surface area contributed by atoms with E-state index >= 15 is 0 Å². The summed E-state index contributed by atoms with van der Waals surface area (Å²) >= 11 is 5.19. The fourth-order valence-corrected chi connectivity index (χ4v) is 2.39. The van der Waals surface area contributed by atoms with Crippen LogP contribution in [0.2, 0.25) is 0 Å². The lowest BCUT2D eigenvalue weighted by atomic mass is 10.1. The van der Waals surface area contributed by atoms with Crippen molar-refractivity contribution in [2.75, 3.05) is 11.9 Å². The maximum Gasteiger partial charge on any atom is 0.230 e. The average molecular weight is 356 g/mol. The van der Waals surface area contributed by atoms with E-state index < -0.39 is 0 Å². The van der Waals surface area contributed by atoms with Gasteiger partial charge in [0.25, 0.3) is 0 Å². The van der Waals surface area contributed by atoms with Crippen molar-refractivity contribution in [2.24, 2.45) is 5.92 Å². The van der Waals surface area contributed by atoms with E-state index in [1.165, 1.54) is 0 Å². The molecule has 132 valence electrons. The third kappa shape index (κ3) is 7.35. The van der Waals surface area contributed by atoms with Crippen LogP contribution >= 0.6 is 12.2 Å². The fourth-order valence-electron chi connectivity index (χ4n) is 2.16. The number of rotatable bonds is 7. The van der Waals surface area contributed by atoms with E-state index in [-0.39, 0.29) is 11.0 Å². The van der Waals surface area contributed by atoms with Crippen LogP contribution in [0.3, 0.4) is 0 Å². The van der Waals surface area contributed by atoms with Crippen molar-refractivity contribution in [1.29, 1.82) is 0 Å². The minimum Gasteiger partial charge on any atom is -0.494 e. The molecule has 2 rings (SSSR count). The predicted molar refractivity (Wildman–Crippen MR) is 106 cm³/mol. The van der Waals surface area contributed by atoms with Crippen LogP contribution in [-0.2, 0) is 11.2 Å². The second-order valence-electron chi connectivity index (χ2n) is 6.22. The first-order valence-corrected chi connectivity index (χ1v) is 8.81. The number of ether oxygens (including phenoxy) is 1. The summed E-state index contributed by atoms with van der Waals surface area (Å²) in [6, 6.07) is 17.1. The summed E-state index contributed by atoms with van der Waals surface area (Å²) in [5.74, 6) is 1.31. The number of carbonyl (C=O) groups is 1. The lowest BCUT2D eigenvalue weighted by Crippen LogP contribution is -2.35. The van der Waals surface area contributed by atoms with Gasteiger partial charge in [-0.15, -0.1) is 0 Å². The van der Waals surface area contributed by atoms with Gasteiger partial charge < -0.3 is 15.4 Å². The smallest absolute Gasteiger partial charge is 0.230 e. The van der Waals surface area contributed by atoms with Crippen molar-refractivity contribution in [3.05, 3.63) is 60.2 Å². The molecule has 0 bridgehead atoms. The SMILES string of the molecule is CC(C)CCOc1ccc(NC(=S)NC(=O)Cc2ccccc2)cc1. The molecule has 0 spiro atoms. The van der Waals surface area contributed by atoms with E-state index in [2.05, 4.69) is 24.5 Å². The first kappa shape index (κ1) is 18.9. The van der Waals surface area contributed by atoms with Crippen molar-refractivity contribution in [1.82, 2.24) is 5.32 Å². The van der Waals surface area contributed by atoms with Gasteiger partial charge in [-0.25, -0.2) is 0 Å². The number of amides is 1. The Morgan fingerprint density at radius 2 is 1.76 bits per heavy atom. The highest BCUT2D eigenvalue weighted by atomic mass is 32.1. The number of nitrogens with one attached hydrogen (secondary N) is 2. The second kappa shape index (κ2) is 9.79. The van der Waals surface area contributed by atoms with E-state index in [0.29, 0.717) is 18.9 Å². The normalized spacial score (nSPS) is 10.4. The van der Waals surface area contributed by atoms with Gasteiger partial charge in [-0.3, -0.25) is 4.79 Å². The largest absolute Gasteiger partial charge is 0.494 e. The minimum atomic E-state index is -0.141. The molecular weight excluding hydrogens is 332 g/mol. The second-order valence-corrected chi connectivity index (χ2v) is 6.63. The van der Waals surface area contributed by atoms with Gasteiger partial charge in [0.1, 0.15) is 5.75 Å². The Morgan fingerprint density at radius 3 is 2.40 bits per heavy atom. The van der Waals surface area contributed by atoms with Crippen molar-refractivity contribution in [3.8, 4) is 5.75 Å². The van der Waals surface area contributed by atoms with Crippen LogP contribution in [0.15, 0.2) is 54.6 Å². The topological polar surface area (TPSA) is 50.4 Å². The zero-order chi connectivity index (χ0) is 18.1. The molecule has 0 aliphatic heterocycles. The highest BCUT2D eigenvalue weighted by Gasteiger charge is 2.06. The zero-order valence-electron chi connectivity index (χ0n) is 14.6. The quantitative estimate of drug-likeness (QED) is 0.731. The van der Waals surface area contributed by atoms with E-state index in [9.17, 15) is 4.79 Å². The van der Waals surface area contributed by atoms with Gasteiger partial charge in [0.05, 0.1) is 13.0 Å². The molecule has 0 heterocycles. The number of benzene rings is 2. The molecular formula is C20H24N2O2S. The van der Waals surface area contributed by atoms with E-state index in [0.717, 1.165) is 23.4 Å². The molecule has 2 aromatic rings. The third-order valence-electron chi connectivity index (χ3n) is 3.54. The summed E-state index contributed by atoms with van der Waals surface area (Å²) in [7, 11) is 0. The van der Waals surface area contributed by atoms with Crippen molar-refractivity contribution in [2.45, 2.75) is 26.7 Å². The Morgan fingerprint density at radius 1 is 1.08 bits per heavy atom. The Kier molecular flexibility index (Phi) is 7.41. The molecule has 2 N–H and O–H groups in total. The Hall–Kier alpha value is -2.40. The van der Waals surface area contributed by atoms with Gasteiger partial charge in [0, 0.05) is 5.69 Å². The van der Waals surface area contributed by atoms with Gasteiger partial charge in [0.2, 0.25) is 5.91 Å². The molecule has 0 aromatic heterocycles. The summed E-state index contributed by atoms with van der Waals surface area (Å²) in [6.45, 7) is 5.05. The van der Waals surface area contributed by atoms with E-state index in [1.54, 1.807) is 0 Å². The molecule has 0 aliphatic carbocycles. The van der Waals surface area contributed by atoms with E-state index in [4.69, 9.17) is 17.0 Å².